The van der Waals surface area contributed by atoms with Gasteiger partial charge < -0.3 is 55.6 Å². The number of esters is 2. The van der Waals surface area contributed by atoms with Crippen molar-refractivity contribution in [3.8, 4) is 0 Å². The average molecular weight is 620 g/mol. The van der Waals surface area contributed by atoms with Crippen molar-refractivity contribution in [3.63, 3.8) is 0 Å². The molecule has 42 heavy (non-hydrogen) atoms. The minimum Gasteiger partial charge on any atom is -0.499 e. The summed E-state index contributed by atoms with van der Waals surface area (Å²) in [6.07, 6.45) is -2.78. The van der Waals surface area contributed by atoms with E-state index < -0.39 is 59.2 Å². The Balaban J connectivity index is 0.000000420. The molecule has 1 aromatic heterocycles. The highest BCUT2D eigenvalue weighted by atomic mass is 32.2. The molecule has 3 atom stereocenters. The molecule has 0 aliphatic carbocycles. The highest BCUT2D eigenvalue weighted by molar-refractivity contribution is 7.98. The second kappa shape index (κ2) is 18.6. The maximum atomic E-state index is 11.5. The summed E-state index contributed by atoms with van der Waals surface area (Å²) in [6, 6.07) is 2.72. The fraction of sp³-hybridized carbons (Fsp3) is 0.542. The van der Waals surface area contributed by atoms with Gasteiger partial charge in [0, 0.05) is 25.8 Å². The number of aliphatic carboxylic acids is 1. The van der Waals surface area contributed by atoms with Gasteiger partial charge in [-0.05, 0) is 32.6 Å². The van der Waals surface area contributed by atoms with Gasteiger partial charge >= 0.3 is 17.9 Å². The van der Waals surface area contributed by atoms with Gasteiger partial charge in [-0.25, -0.2) is 4.79 Å². The Labute approximate surface area is 245 Å². The van der Waals surface area contributed by atoms with Crippen LogP contribution in [-0.2, 0) is 36.2 Å². The van der Waals surface area contributed by atoms with Crippen LogP contribution in [-0.4, -0.2) is 106 Å². The third-order valence-corrected chi connectivity index (χ3v) is 6.14. The van der Waals surface area contributed by atoms with Crippen molar-refractivity contribution in [1.82, 2.24) is 15.5 Å². The van der Waals surface area contributed by atoms with E-state index in [9.17, 15) is 34.7 Å². The number of hydrogen-bond acceptors (Lipinski definition) is 16. The van der Waals surface area contributed by atoms with E-state index in [1.54, 1.807) is 18.8 Å². The van der Waals surface area contributed by atoms with Gasteiger partial charge in [0.1, 0.15) is 23.7 Å². The van der Waals surface area contributed by atoms with Gasteiger partial charge in [0.15, 0.2) is 11.9 Å². The van der Waals surface area contributed by atoms with E-state index in [4.69, 9.17) is 20.4 Å². The van der Waals surface area contributed by atoms with Crippen molar-refractivity contribution >= 4 is 29.7 Å². The highest BCUT2D eigenvalue weighted by Gasteiger charge is 2.41. The van der Waals surface area contributed by atoms with Crippen molar-refractivity contribution in [2.75, 3.05) is 40.0 Å². The van der Waals surface area contributed by atoms with Crippen LogP contribution < -0.4 is 16.4 Å². The summed E-state index contributed by atoms with van der Waals surface area (Å²) in [7, 11) is 5.64. The van der Waals surface area contributed by atoms with E-state index in [0.29, 0.717) is 12.4 Å². The number of aliphatic hydroxyl groups excluding tert-OH is 3. The van der Waals surface area contributed by atoms with Crippen LogP contribution in [0.4, 0.5) is 0 Å². The number of cyclic esters (lactones) is 1. The Bertz CT molecular complexity index is 1120. The maximum Gasteiger partial charge on any atom is 0.378 e. The lowest BCUT2D eigenvalue weighted by Crippen LogP contribution is -2.33. The standard InChI is InChI=1S/C13H22N4O3S.C11H15NO9/c1-14-13(9-17(18)19)15-6-7-21-10-12-5-4-11(20-12)8-16(2)3;12-4(10(17)18)1-2-6(15)20-9-7(16)11(19)21-8(9)5(14)3-13/h4-5,9,14-15H,6-8,10H2,1-3H3;4-5,8,13-14,16H,1-3,12H2,(H,17,18)/t;4-,5-,8+/m.0/s1. The first-order valence-electron chi connectivity index (χ1n) is 12.5. The predicted molar refractivity (Wildman–Crippen MR) is 148 cm³/mol. The van der Waals surface area contributed by atoms with Gasteiger partial charge in [-0.3, -0.25) is 19.7 Å². The van der Waals surface area contributed by atoms with Crippen molar-refractivity contribution in [1.29, 1.82) is 0 Å². The van der Waals surface area contributed by atoms with Crippen LogP contribution in [0.5, 0.6) is 0 Å². The molecule has 0 radical (unpaired) electrons. The van der Waals surface area contributed by atoms with E-state index in [1.165, 1.54) is 0 Å². The number of carboxylic acid groups (broad SMARTS) is 1. The number of hydrogen-bond donors (Lipinski definition) is 7. The summed E-state index contributed by atoms with van der Waals surface area (Å²) in [5.41, 5.74) is 5.20. The number of rotatable bonds is 17. The highest BCUT2D eigenvalue weighted by Crippen LogP contribution is 2.25. The van der Waals surface area contributed by atoms with E-state index in [0.717, 1.165) is 35.8 Å². The number of ether oxygens (including phenoxy) is 2. The van der Waals surface area contributed by atoms with Crippen LogP contribution in [0.3, 0.4) is 0 Å². The molecule has 1 aromatic rings. The summed E-state index contributed by atoms with van der Waals surface area (Å²) in [5.74, 6) is -1.15. The lowest BCUT2D eigenvalue weighted by Gasteiger charge is -2.17. The number of carboxylic acids is 1. The van der Waals surface area contributed by atoms with Gasteiger partial charge in [0.2, 0.25) is 11.5 Å². The van der Waals surface area contributed by atoms with Gasteiger partial charge in [-0.2, -0.15) is 11.8 Å². The molecule has 2 heterocycles. The topological polar surface area (TPSA) is 260 Å². The first kappa shape index (κ1) is 36.2. The van der Waals surface area contributed by atoms with Crippen LogP contribution in [0.1, 0.15) is 24.4 Å². The van der Waals surface area contributed by atoms with E-state index in [2.05, 4.69) is 25.0 Å². The fourth-order valence-electron chi connectivity index (χ4n) is 3.12. The van der Waals surface area contributed by atoms with Gasteiger partial charge in [0.05, 0.1) is 23.8 Å². The number of thioether (sulfide) groups is 1. The van der Waals surface area contributed by atoms with E-state index in [1.807, 2.05) is 26.2 Å². The lowest BCUT2D eigenvalue weighted by molar-refractivity contribution is -0.404. The molecule has 2 rings (SSSR count). The molecule has 0 unspecified atom stereocenters. The zero-order valence-electron chi connectivity index (χ0n) is 23.3. The molecule has 236 valence electrons. The maximum absolute atomic E-state index is 11.5. The number of nitro groups is 1. The number of carbonyl (C=O) groups excluding carboxylic acids is 2. The zero-order chi connectivity index (χ0) is 31.8. The Morgan fingerprint density at radius 1 is 1.33 bits per heavy atom. The summed E-state index contributed by atoms with van der Waals surface area (Å²) < 4.78 is 14.9. The predicted octanol–water partition coefficient (Wildman–Crippen LogP) is -0.771. The number of nitrogens with two attached hydrogens (primary N) is 1. The van der Waals surface area contributed by atoms with Crippen LogP contribution in [0.2, 0.25) is 0 Å². The number of furan rings is 1. The molecule has 0 aromatic carbocycles. The molecule has 0 amide bonds. The van der Waals surface area contributed by atoms with Gasteiger partial charge in [0.25, 0.3) is 6.20 Å². The fourth-order valence-corrected chi connectivity index (χ4v) is 3.86. The van der Waals surface area contributed by atoms with Crippen molar-refractivity contribution in [2.45, 2.75) is 43.4 Å². The largest absolute Gasteiger partial charge is 0.499 e. The normalized spacial score (nSPS) is 16.3. The molecule has 18 heteroatoms. The van der Waals surface area contributed by atoms with Gasteiger partial charge in [-0.15, -0.1) is 0 Å². The second-order valence-corrected chi connectivity index (χ2v) is 10.0. The van der Waals surface area contributed by atoms with Crippen molar-refractivity contribution in [3.05, 3.63) is 57.3 Å². The first-order valence-corrected chi connectivity index (χ1v) is 13.6. The average Bonchev–Trinajstić information content (AvgIpc) is 3.48. The number of aliphatic hydroxyl groups is 3. The Morgan fingerprint density at radius 2 is 2.00 bits per heavy atom. The molecule has 0 spiro atoms. The van der Waals surface area contributed by atoms with Crippen LogP contribution >= 0.6 is 11.8 Å². The molecule has 0 bridgehead atoms. The van der Waals surface area contributed by atoms with Crippen LogP contribution in [0.15, 0.2) is 40.1 Å². The van der Waals surface area contributed by atoms with Crippen molar-refractivity contribution < 1.29 is 53.6 Å². The molecule has 1 aliphatic rings. The molecule has 8 N–H and O–H groups in total. The molecule has 0 saturated carbocycles. The van der Waals surface area contributed by atoms with Gasteiger partial charge in [-0.1, -0.05) is 0 Å². The number of carbonyl (C=O) groups is 3. The van der Waals surface area contributed by atoms with Crippen LogP contribution in [0, 0.1) is 10.1 Å². The number of nitrogens with one attached hydrogen (secondary N) is 2. The molecule has 17 nitrogen and oxygen atoms in total. The minimum atomic E-state index is -1.58. The first-order chi connectivity index (χ1) is 19.8. The zero-order valence-corrected chi connectivity index (χ0v) is 24.2. The lowest BCUT2D eigenvalue weighted by atomic mass is 10.1. The SMILES string of the molecule is CNC(=C[N+](=O)[O-])NCCSCc1ccc(CN(C)C)o1.N[C@@H](CCC(=O)OC1=C(O)C(=O)O[C@@H]1[C@@H](O)CO)C(=O)O. The van der Waals surface area contributed by atoms with Crippen molar-refractivity contribution in [2.24, 2.45) is 5.73 Å². The summed E-state index contributed by atoms with van der Waals surface area (Å²) in [4.78, 5) is 45.0. The monoisotopic (exact) mass is 619 g/mol. The Kier molecular flexibility index (Phi) is 16.0. The summed E-state index contributed by atoms with van der Waals surface area (Å²) >= 11 is 1.72. The smallest absolute Gasteiger partial charge is 0.378 e. The summed E-state index contributed by atoms with van der Waals surface area (Å²) in [5, 5.41) is 52.2. The minimum absolute atomic E-state index is 0.218. The molecular formula is C24H37N5O12S. The summed E-state index contributed by atoms with van der Waals surface area (Å²) in [6.45, 7) is 0.649. The van der Waals surface area contributed by atoms with E-state index in [-0.39, 0.29) is 12.8 Å². The molecule has 0 fully saturated rings. The quantitative estimate of drug-likeness (QED) is 0.0488. The second-order valence-electron chi connectivity index (χ2n) is 8.91. The molecule has 0 saturated heterocycles. The molecule has 1 aliphatic heterocycles. The number of nitrogens with zero attached hydrogens (tertiary/aromatic N) is 2. The molecular weight excluding hydrogens is 582 g/mol. The van der Waals surface area contributed by atoms with Crippen LogP contribution in [0.25, 0.3) is 0 Å². The third kappa shape index (κ3) is 13.2. The Morgan fingerprint density at radius 3 is 2.57 bits per heavy atom. The Hall–Kier alpha value is -3.84. The van der Waals surface area contributed by atoms with E-state index >= 15 is 0 Å². The third-order valence-electron chi connectivity index (χ3n) is 5.16.